The van der Waals surface area contributed by atoms with Crippen LogP contribution in [0.4, 0.5) is 0 Å². The van der Waals surface area contributed by atoms with E-state index in [1.165, 1.54) is 18.9 Å². The summed E-state index contributed by atoms with van der Waals surface area (Å²) < 4.78 is 12.2. The van der Waals surface area contributed by atoms with Gasteiger partial charge < -0.3 is 9.47 Å². The molecule has 2 aromatic carbocycles. The number of esters is 1. The van der Waals surface area contributed by atoms with E-state index in [0.29, 0.717) is 17.2 Å². The average Bonchev–Trinajstić information content (AvgIpc) is 3.00. The third kappa shape index (κ3) is 3.65. The summed E-state index contributed by atoms with van der Waals surface area (Å²) in [6.07, 6.45) is -0.793. The number of carbonyl (C=O) groups excluding carboxylic acids is 2. The normalized spacial score (nSPS) is 16.2. The molecular weight excluding hydrogens is 435 g/mol. The van der Waals surface area contributed by atoms with Crippen LogP contribution in [-0.4, -0.2) is 22.8 Å². The Labute approximate surface area is 158 Å². The van der Waals surface area contributed by atoms with Crippen LogP contribution in [-0.2, 0) is 14.3 Å². The molecular formula is C18H15IN2O4. The third-order valence-electron chi connectivity index (χ3n) is 3.51. The van der Waals surface area contributed by atoms with Crippen LogP contribution in [0, 0.1) is 3.57 Å². The number of hydrazone groups is 1. The predicted molar refractivity (Wildman–Crippen MR) is 99.8 cm³/mol. The Balaban J connectivity index is 2.00. The summed E-state index contributed by atoms with van der Waals surface area (Å²) in [5.74, 6) is -0.0320. The molecule has 1 aliphatic rings. The molecule has 1 aliphatic heterocycles. The minimum Gasteiger partial charge on any atom is -0.445 e. The maximum Gasteiger partial charge on any atom is 0.308 e. The zero-order chi connectivity index (χ0) is 18.0. The number of carbonyl (C=O) groups is 2. The van der Waals surface area contributed by atoms with E-state index in [1.807, 2.05) is 24.3 Å². The van der Waals surface area contributed by atoms with Gasteiger partial charge >= 0.3 is 5.97 Å². The van der Waals surface area contributed by atoms with Crippen molar-refractivity contribution < 1.29 is 19.1 Å². The number of nitrogens with zero attached hydrogens (tertiary/aromatic N) is 2. The van der Waals surface area contributed by atoms with Crippen molar-refractivity contribution in [3.05, 3.63) is 63.2 Å². The molecule has 0 saturated heterocycles. The molecule has 0 fully saturated rings. The van der Waals surface area contributed by atoms with Crippen molar-refractivity contribution in [3.8, 4) is 5.75 Å². The summed E-state index contributed by atoms with van der Waals surface area (Å²) in [5.41, 5.74) is 1.35. The van der Waals surface area contributed by atoms with Gasteiger partial charge in [0.15, 0.2) is 0 Å². The zero-order valence-electron chi connectivity index (χ0n) is 13.6. The van der Waals surface area contributed by atoms with Gasteiger partial charge in [-0.15, -0.1) is 5.10 Å². The molecule has 2 aromatic rings. The van der Waals surface area contributed by atoms with E-state index in [9.17, 15) is 9.59 Å². The Morgan fingerprint density at radius 3 is 2.48 bits per heavy atom. The van der Waals surface area contributed by atoms with Crippen molar-refractivity contribution in [1.29, 1.82) is 0 Å². The molecule has 0 bridgehead atoms. The Morgan fingerprint density at radius 1 is 1.12 bits per heavy atom. The second-order valence-electron chi connectivity index (χ2n) is 5.35. The van der Waals surface area contributed by atoms with E-state index < -0.39 is 12.2 Å². The second-order valence-corrected chi connectivity index (χ2v) is 6.51. The van der Waals surface area contributed by atoms with Gasteiger partial charge in [-0.05, 0) is 46.9 Å². The van der Waals surface area contributed by atoms with Crippen LogP contribution in [0.1, 0.15) is 31.2 Å². The van der Waals surface area contributed by atoms with Crippen molar-refractivity contribution >= 4 is 40.4 Å². The first-order valence-corrected chi connectivity index (χ1v) is 8.62. The third-order valence-corrected chi connectivity index (χ3v) is 4.45. The number of benzene rings is 2. The van der Waals surface area contributed by atoms with Crippen molar-refractivity contribution in [3.63, 3.8) is 0 Å². The van der Waals surface area contributed by atoms with Crippen LogP contribution >= 0.6 is 22.6 Å². The number of amides is 1. The van der Waals surface area contributed by atoms with Crippen molar-refractivity contribution in [1.82, 2.24) is 5.01 Å². The van der Waals surface area contributed by atoms with Crippen LogP contribution in [0.5, 0.6) is 5.75 Å². The monoisotopic (exact) mass is 450 g/mol. The van der Waals surface area contributed by atoms with Crippen molar-refractivity contribution in [2.24, 2.45) is 5.10 Å². The van der Waals surface area contributed by atoms with E-state index >= 15 is 0 Å². The summed E-state index contributed by atoms with van der Waals surface area (Å²) in [5, 5.41) is 5.58. The maximum absolute atomic E-state index is 12.1. The van der Waals surface area contributed by atoms with Gasteiger partial charge in [-0.1, -0.05) is 24.3 Å². The first-order chi connectivity index (χ1) is 12.0. The highest BCUT2D eigenvalue weighted by Crippen LogP contribution is 2.36. The number of hydrogen-bond donors (Lipinski definition) is 0. The van der Waals surface area contributed by atoms with Crippen molar-refractivity contribution in [2.75, 3.05) is 0 Å². The largest absolute Gasteiger partial charge is 0.445 e. The summed E-state index contributed by atoms with van der Waals surface area (Å²) in [7, 11) is 0. The Bertz CT molecular complexity index is 866. The molecule has 0 saturated carbocycles. The molecule has 1 unspecified atom stereocenters. The van der Waals surface area contributed by atoms with Gasteiger partial charge in [0.25, 0.3) is 0 Å². The first-order valence-electron chi connectivity index (χ1n) is 7.54. The molecule has 1 amide bonds. The molecule has 6 nitrogen and oxygen atoms in total. The average molecular weight is 450 g/mol. The summed E-state index contributed by atoms with van der Waals surface area (Å²) >= 11 is 2.19. The lowest BCUT2D eigenvalue weighted by Crippen LogP contribution is -2.26. The Kier molecular flexibility index (Phi) is 5.03. The molecule has 25 heavy (non-hydrogen) atoms. The van der Waals surface area contributed by atoms with Crippen LogP contribution < -0.4 is 4.74 Å². The number of rotatable bonds is 3. The summed E-state index contributed by atoms with van der Waals surface area (Å²) in [6.45, 7) is 2.73. The lowest BCUT2D eigenvalue weighted by atomic mass is 10.1. The van der Waals surface area contributed by atoms with Gasteiger partial charge in [0, 0.05) is 17.4 Å². The number of halogens is 1. The van der Waals surface area contributed by atoms with Crippen LogP contribution in [0.25, 0.3) is 0 Å². The standard InChI is InChI=1S/C18H15IN2O4/c1-11(22)21-18(14-8-4-6-10-16(14)24-12(2)23)25-17(20-21)13-7-3-5-9-15(13)19/h3-10,18H,1-2H3. The number of hydrogen-bond acceptors (Lipinski definition) is 5. The lowest BCUT2D eigenvalue weighted by molar-refractivity contribution is -0.135. The topological polar surface area (TPSA) is 68.2 Å². The van der Waals surface area contributed by atoms with Gasteiger partial charge in [-0.25, -0.2) is 0 Å². The predicted octanol–water partition coefficient (Wildman–Crippen LogP) is 3.46. The van der Waals surface area contributed by atoms with Gasteiger partial charge in [-0.3, -0.25) is 9.59 Å². The molecule has 0 aliphatic carbocycles. The molecule has 0 aromatic heterocycles. The van der Waals surface area contributed by atoms with E-state index in [0.717, 1.165) is 9.13 Å². The number of ether oxygens (including phenoxy) is 2. The molecule has 3 rings (SSSR count). The fraction of sp³-hybridized carbons (Fsp3) is 0.167. The van der Waals surface area contributed by atoms with Gasteiger partial charge in [-0.2, -0.15) is 5.01 Å². The number of para-hydroxylation sites is 1. The van der Waals surface area contributed by atoms with Crippen LogP contribution in [0.15, 0.2) is 53.6 Å². The van der Waals surface area contributed by atoms with E-state index in [-0.39, 0.29) is 5.91 Å². The quantitative estimate of drug-likeness (QED) is 0.408. The Morgan fingerprint density at radius 2 is 1.80 bits per heavy atom. The van der Waals surface area contributed by atoms with Crippen LogP contribution in [0.3, 0.4) is 0 Å². The lowest BCUT2D eigenvalue weighted by Gasteiger charge is -2.21. The maximum atomic E-state index is 12.1. The first kappa shape index (κ1) is 17.4. The van der Waals surface area contributed by atoms with E-state index in [2.05, 4.69) is 27.7 Å². The fourth-order valence-corrected chi connectivity index (χ4v) is 3.06. The van der Waals surface area contributed by atoms with E-state index in [4.69, 9.17) is 9.47 Å². The summed E-state index contributed by atoms with van der Waals surface area (Å²) in [4.78, 5) is 23.4. The highest BCUT2D eigenvalue weighted by molar-refractivity contribution is 14.1. The molecule has 0 spiro atoms. The second kappa shape index (κ2) is 7.22. The Hall–Kier alpha value is -2.42. The molecule has 1 atom stereocenters. The van der Waals surface area contributed by atoms with Gasteiger partial charge in [0.1, 0.15) is 5.75 Å². The van der Waals surface area contributed by atoms with Crippen LogP contribution in [0.2, 0.25) is 0 Å². The van der Waals surface area contributed by atoms with Gasteiger partial charge in [0.05, 0.1) is 11.1 Å². The minimum atomic E-state index is -0.793. The molecule has 0 radical (unpaired) electrons. The van der Waals surface area contributed by atoms with Crippen molar-refractivity contribution in [2.45, 2.75) is 20.1 Å². The fourth-order valence-electron chi connectivity index (χ4n) is 2.44. The smallest absolute Gasteiger partial charge is 0.308 e. The zero-order valence-corrected chi connectivity index (χ0v) is 15.8. The molecule has 7 heteroatoms. The molecule has 128 valence electrons. The summed E-state index contributed by atoms with van der Waals surface area (Å²) in [6, 6.07) is 14.5. The van der Waals surface area contributed by atoms with E-state index in [1.54, 1.807) is 24.3 Å². The molecule has 0 N–H and O–H groups in total. The highest BCUT2D eigenvalue weighted by Gasteiger charge is 2.35. The highest BCUT2D eigenvalue weighted by atomic mass is 127. The minimum absolute atomic E-state index is 0.274. The molecule has 1 heterocycles. The van der Waals surface area contributed by atoms with Gasteiger partial charge in [0.2, 0.25) is 18.0 Å². The SMILES string of the molecule is CC(=O)Oc1ccccc1C1OC(c2ccccc2I)=NN1C(C)=O.